The number of ether oxygens (including phenoxy) is 2. The fourth-order valence-electron chi connectivity index (χ4n) is 4.00. The second-order valence-electron chi connectivity index (χ2n) is 7.91. The number of aryl methyl sites for hydroxylation is 2. The van der Waals surface area contributed by atoms with Gasteiger partial charge in [0.25, 0.3) is 0 Å². The molecule has 0 saturated carbocycles. The summed E-state index contributed by atoms with van der Waals surface area (Å²) < 4.78 is 67.1. The van der Waals surface area contributed by atoms with Crippen molar-refractivity contribution in [3.63, 3.8) is 0 Å². The van der Waals surface area contributed by atoms with E-state index in [4.69, 9.17) is 9.26 Å². The van der Waals surface area contributed by atoms with Gasteiger partial charge in [-0.1, -0.05) is 11.2 Å². The Morgan fingerprint density at radius 2 is 2.06 bits per heavy atom. The van der Waals surface area contributed by atoms with Crippen molar-refractivity contribution in [2.24, 2.45) is 5.92 Å². The number of hydrogen-bond donors (Lipinski definition) is 0. The molecule has 2 heterocycles. The number of benzene rings is 1. The topological polar surface area (TPSA) is 102 Å². The molecule has 2 aromatic rings. The normalized spacial score (nSPS) is 17.2. The van der Waals surface area contributed by atoms with Gasteiger partial charge in [0.05, 0.1) is 13.0 Å². The van der Waals surface area contributed by atoms with Crippen LogP contribution in [0.4, 0.5) is 8.78 Å². The maximum absolute atomic E-state index is 13.1. The molecule has 0 radical (unpaired) electrons. The van der Waals surface area contributed by atoms with E-state index in [1.807, 2.05) is 0 Å². The summed E-state index contributed by atoms with van der Waals surface area (Å²) in [7, 11) is -0.893. The number of alkyl halides is 2. The number of methoxy groups -OCH3 is 1. The van der Waals surface area contributed by atoms with Crippen molar-refractivity contribution in [2.75, 3.05) is 27.2 Å². The van der Waals surface area contributed by atoms with Crippen LogP contribution in [0, 0.1) is 19.8 Å². The van der Waals surface area contributed by atoms with Crippen molar-refractivity contribution in [3.8, 4) is 11.5 Å². The van der Waals surface area contributed by atoms with E-state index >= 15 is 0 Å². The summed E-state index contributed by atoms with van der Waals surface area (Å²) >= 11 is 0. The van der Waals surface area contributed by atoms with E-state index in [1.54, 1.807) is 27.0 Å². The summed E-state index contributed by atoms with van der Waals surface area (Å²) in [5, 5.41) is 3.73. The van der Waals surface area contributed by atoms with E-state index in [-0.39, 0.29) is 46.8 Å². The molecule has 1 amide bonds. The summed E-state index contributed by atoms with van der Waals surface area (Å²) in [6, 6.07) is 4.45. The predicted molar refractivity (Wildman–Crippen MR) is 114 cm³/mol. The Bertz CT molecular complexity index is 1090. The zero-order chi connectivity index (χ0) is 24.3. The van der Waals surface area contributed by atoms with E-state index in [1.165, 1.54) is 28.4 Å². The van der Waals surface area contributed by atoms with Crippen LogP contribution in [0.1, 0.15) is 29.9 Å². The van der Waals surface area contributed by atoms with Crippen LogP contribution >= 0.6 is 0 Å². The molecule has 1 unspecified atom stereocenters. The molecule has 1 aromatic carbocycles. The van der Waals surface area contributed by atoms with Crippen LogP contribution in [-0.4, -0.2) is 62.5 Å². The highest BCUT2D eigenvalue weighted by Crippen LogP contribution is 2.31. The number of aromatic nitrogens is 1. The molecular weight excluding hydrogens is 460 g/mol. The molecule has 1 aromatic heterocycles. The molecule has 12 heteroatoms. The zero-order valence-corrected chi connectivity index (χ0v) is 19.7. The van der Waals surface area contributed by atoms with Gasteiger partial charge in [-0.25, -0.2) is 8.42 Å². The third-order valence-corrected chi connectivity index (χ3v) is 7.65. The fourth-order valence-corrected chi connectivity index (χ4v) is 5.82. The summed E-state index contributed by atoms with van der Waals surface area (Å²) in [4.78, 5) is 14.6. The van der Waals surface area contributed by atoms with Crippen molar-refractivity contribution < 1.29 is 36.0 Å². The second kappa shape index (κ2) is 10.0. The van der Waals surface area contributed by atoms with Gasteiger partial charge in [0.1, 0.15) is 10.6 Å². The summed E-state index contributed by atoms with van der Waals surface area (Å²) in [5.74, 6) is -0.477. The Morgan fingerprint density at radius 1 is 1.33 bits per heavy atom. The van der Waals surface area contributed by atoms with Crippen LogP contribution in [0.3, 0.4) is 0 Å². The van der Waals surface area contributed by atoms with Crippen LogP contribution in [0.25, 0.3) is 0 Å². The number of halogens is 2. The smallest absolute Gasteiger partial charge is 0.387 e. The molecule has 0 aliphatic carbocycles. The number of piperidine rings is 1. The lowest BCUT2D eigenvalue weighted by molar-refractivity contribution is -0.135. The lowest BCUT2D eigenvalue weighted by Crippen LogP contribution is -2.45. The Hall–Kier alpha value is -2.73. The summed E-state index contributed by atoms with van der Waals surface area (Å²) in [6.45, 7) is 0.680. The molecule has 182 valence electrons. The maximum atomic E-state index is 13.1. The lowest BCUT2D eigenvalue weighted by Gasteiger charge is -2.33. The SMILES string of the molecule is COc1cc(CN(C)C(=O)C2CCCN(S(=O)(=O)c3c(C)noc3C)C2)ccc1OC(F)F. The first-order valence-electron chi connectivity index (χ1n) is 10.3. The maximum Gasteiger partial charge on any atom is 0.387 e. The largest absolute Gasteiger partial charge is 0.493 e. The Morgan fingerprint density at radius 3 is 2.67 bits per heavy atom. The Balaban J connectivity index is 1.71. The fraction of sp³-hybridized carbons (Fsp3) is 0.524. The van der Waals surface area contributed by atoms with Gasteiger partial charge < -0.3 is 18.9 Å². The van der Waals surface area contributed by atoms with Gasteiger partial charge in [-0.15, -0.1) is 0 Å². The summed E-state index contributed by atoms with van der Waals surface area (Å²) in [5.41, 5.74) is 0.937. The van der Waals surface area contributed by atoms with Crippen molar-refractivity contribution >= 4 is 15.9 Å². The number of carbonyl (C=O) groups excluding carboxylic acids is 1. The molecule has 33 heavy (non-hydrogen) atoms. The highest BCUT2D eigenvalue weighted by atomic mass is 32.2. The number of hydrogen-bond acceptors (Lipinski definition) is 7. The molecule has 1 atom stereocenters. The third kappa shape index (κ3) is 5.44. The van der Waals surface area contributed by atoms with Crippen LogP contribution < -0.4 is 9.47 Å². The van der Waals surface area contributed by atoms with Gasteiger partial charge in [-0.05, 0) is 44.4 Å². The zero-order valence-electron chi connectivity index (χ0n) is 18.9. The first-order valence-corrected chi connectivity index (χ1v) is 11.8. The molecule has 1 aliphatic heterocycles. The molecule has 0 bridgehead atoms. The number of carbonyl (C=O) groups is 1. The van der Waals surface area contributed by atoms with E-state index < -0.39 is 22.6 Å². The molecule has 9 nitrogen and oxygen atoms in total. The monoisotopic (exact) mass is 487 g/mol. The molecule has 0 spiro atoms. The average Bonchev–Trinajstić information content (AvgIpc) is 3.12. The van der Waals surface area contributed by atoms with Gasteiger partial charge in [0.2, 0.25) is 15.9 Å². The summed E-state index contributed by atoms with van der Waals surface area (Å²) in [6.07, 6.45) is 1.10. The number of rotatable bonds is 8. The van der Waals surface area contributed by atoms with Gasteiger partial charge in [0, 0.05) is 26.7 Å². The minimum Gasteiger partial charge on any atom is -0.493 e. The first-order chi connectivity index (χ1) is 15.5. The minimum atomic E-state index is -3.84. The van der Waals surface area contributed by atoms with Crippen LogP contribution in [-0.2, 0) is 21.4 Å². The van der Waals surface area contributed by atoms with Gasteiger partial charge in [-0.3, -0.25) is 4.79 Å². The van der Waals surface area contributed by atoms with Crippen molar-refractivity contribution in [1.29, 1.82) is 0 Å². The molecule has 3 rings (SSSR count). The molecule has 0 N–H and O–H groups in total. The van der Waals surface area contributed by atoms with Gasteiger partial charge in [0.15, 0.2) is 17.3 Å². The highest BCUT2D eigenvalue weighted by molar-refractivity contribution is 7.89. The van der Waals surface area contributed by atoms with E-state index in [0.717, 1.165) is 0 Å². The molecule has 1 aliphatic rings. The second-order valence-corrected chi connectivity index (χ2v) is 9.79. The average molecular weight is 488 g/mol. The number of amides is 1. The number of nitrogens with zero attached hydrogens (tertiary/aromatic N) is 3. The molecule has 1 saturated heterocycles. The first kappa shape index (κ1) is 24.9. The van der Waals surface area contributed by atoms with Crippen molar-refractivity contribution in [2.45, 2.75) is 44.7 Å². The van der Waals surface area contributed by atoms with Gasteiger partial charge in [-0.2, -0.15) is 13.1 Å². The Kier molecular flexibility index (Phi) is 7.58. The Labute approximate surface area is 191 Å². The predicted octanol–water partition coefficient (Wildman–Crippen LogP) is 2.96. The third-order valence-electron chi connectivity index (χ3n) is 5.54. The van der Waals surface area contributed by atoms with Crippen molar-refractivity contribution in [1.82, 2.24) is 14.4 Å². The number of sulfonamides is 1. The van der Waals surface area contributed by atoms with Crippen LogP contribution in [0.2, 0.25) is 0 Å². The lowest BCUT2D eigenvalue weighted by atomic mass is 9.98. The highest BCUT2D eigenvalue weighted by Gasteiger charge is 2.37. The minimum absolute atomic E-state index is 0.0437. The van der Waals surface area contributed by atoms with E-state index in [0.29, 0.717) is 24.9 Å². The van der Waals surface area contributed by atoms with Crippen LogP contribution in [0.15, 0.2) is 27.6 Å². The standard InChI is InChI=1S/C21H27F2N3O6S/c1-13-19(14(2)32-24-13)33(28,29)26-9-5-6-16(12-26)20(27)25(3)11-15-7-8-17(31-21(22)23)18(10-15)30-4/h7-8,10,16,21H,5-6,9,11-12H2,1-4H3. The van der Waals surface area contributed by atoms with Gasteiger partial charge >= 0.3 is 6.61 Å². The van der Waals surface area contributed by atoms with Crippen LogP contribution in [0.5, 0.6) is 11.5 Å². The molecule has 1 fully saturated rings. The van der Waals surface area contributed by atoms with Crippen molar-refractivity contribution in [3.05, 3.63) is 35.2 Å². The van der Waals surface area contributed by atoms with E-state index in [2.05, 4.69) is 9.89 Å². The quantitative estimate of drug-likeness (QED) is 0.564. The van der Waals surface area contributed by atoms with E-state index in [9.17, 15) is 22.0 Å². The molecular formula is C21H27F2N3O6S.